The van der Waals surface area contributed by atoms with Gasteiger partial charge in [-0.05, 0) is 19.9 Å². The quantitative estimate of drug-likeness (QED) is 0.850. The number of hydrogen-bond donors (Lipinski definition) is 1. The van der Waals surface area contributed by atoms with Crippen LogP contribution >= 0.6 is 11.6 Å². The Balaban J connectivity index is 2.12. The summed E-state index contributed by atoms with van der Waals surface area (Å²) in [5.41, 5.74) is -0.0316. The van der Waals surface area contributed by atoms with Gasteiger partial charge in [0, 0.05) is 17.8 Å². The smallest absolute Gasteiger partial charge is 0.272 e. The van der Waals surface area contributed by atoms with E-state index in [9.17, 15) is 9.18 Å². The molecule has 1 N–H and O–H groups in total. The van der Waals surface area contributed by atoms with Gasteiger partial charge in [-0.25, -0.2) is 9.97 Å². The summed E-state index contributed by atoms with van der Waals surface area (Å²) in [5, 5.41) is 0.0175. The predicted molar refractivity (Wildman–Crippen MR) is 85.3 cm³/mol. The molecule has 0 spiro atoms. The Bertz CT molecular complexity index is 772. The first-order chi connectivity index (χ1) is 11.0. The zero-order chi connectivity index (χ0) is 16.6. The number of aromatic nitrogens is 3. The number of anilines is 1. The molecule has 2 atom stereocenters. The Morgan fingerprint density at radius 1 is 1.39 bits per heavy atom. The number of nitrogens with zero attached hydrogens (tertiary/aromatic N) is 3. The van der Waals surface area contributed by atoms with Crippen LogP contribution in [0.25, 0.3) is 11.4 Å². The van der Waals surface area contributed by atoms with Crippen molar-refractivity contribution in [2.45, 2.75) is 25.9 Å². The molecule has 122 valence electrons. The van der Waals surface area contributed by atoms with Gasteiger partial charge in [0.2, 0.25) is 5.95 Å². The number of nitrogens with one attached hydrogen (secondary N) is 1. The van der Waals surface area contributed by atoms with Crippen LogP contribution in [0.1, 0.15) is 13.8 Å². The second-order valence-corrected chi connectivity index (χ2v) is 5.94. The monoisotopic (exact) mass is 338 g/mol. The first-order valence-corrected chi connectivity index (χ1v) is 7.63. The zero-order valence-electron chi connectivity index (χ0n) is 12.7. The molecule has 2 aromatic rings. The lowest BCUT2D eigenvalue weighted by Crippen LogP contribution is -2.50. The largest absolute Gasteiger partial charge is 0.377 e. The first kappa shape index (κ1) is 15.9. The number of pyridine rings is 1. The molecule has 0 bridgehead atoms. The van der Waals surface area contributed by atoms with Crippen LogP contribution in [0.15, 0.2) is 23.1 Å². The average Bonchev–Trinajstić information content (AvgIpc) is 2.51. The minimum atomic E-state index is -0.644. The molecule has 0 unspecified atom stereocenters. The van der Waals surface area contributed by atoms with E-state index >= 15 is 0 Å². The maximum absolute atomic E-state index is 13.3. The van der Waals surface area contributed by atoms with Crippen molar-refractivity contribution < 1.29 is 9.13 Å². The SMILES string of the molecule is C[C@@H]1COC[C@@H](C)N1c1nc(-c2ccnc(F)c2)[nH]c(=O)c1Cl. The van der Waals surface area contributed by atoms with E-state index in [1.54, 1.807) is 6.07 Å². The van der Waals surface area contributed by atoms with Gasteiger partial charge in [-0.15, -0.1) is 0 Å². The average molecular weight is 339 g/mol. The fraction of sp³-hybridized carbons (Fsp3) is 0.400. The fourth-order valence-corrected chi connectivity index (χ4v) is 2.91. The van der Waals surface area contributed by atoms with Gasteiger partial charge >= 0.3 is 0 Å². The van der Waals surface area contributed by atoms with E-state index in [-0.39, 0.29) is 22.9 Å². The highest BCUT2D eigenvalue weighted by Crippen LogP contribution is 2.28. The van der Waals surface area contributed by atoms with Crippen LogP contribution < -0.4 is 10.5 Å². The lowest BCUT2D eigenvalue weighted by atomic mass is 10.1. The van der Waals surface area contributed by atoms with E-state index in [1.807, 2.05) is 18.7 Å². The summed E-state index contributed by atoms with van der Waals surface area (Å²) in [5.74, 6) is -0.0118. The molecule has 0 aromatic carbocycles. The van der Waals surface area contributed by atoms with E-state index in [4.69, 9.17) is 16.3 Å². The molecule has 0 aliphatic carbocycles. The molecule has 1 saturated heterocycles. The van der Waals surface area contributed by atoms with Crippen molar-refractivity contribution >= 4 is 17.4 Å². The molecule has 3 heterocycles. The molecule has 1 fully saturated rings. The molecule has 23 heavy (non-hydrogen) atoms. The molecule has 0 amide bonds. The van der Waals surface area contributed by atoms with Gasteiger partial charge < -0.3 is 14.6 Å². The Kier molecular flexibility index (Phi) is 4.32. The Labute approximate surface area is 137 Å². The minimum absolute atomic E-state index is 0.0175. The summed E-state index contributed by atoms with van der Waals surface area (Å²) in [4.78, 5) is 24.7. The molecular weight excluding hydrogens is 323 g/mol. The Morgan fingerprint density at radius 2 is 2.09 bits per heavy atom. The molecule has 2 aromatic heterocycles. The lowest BCUT2D eigenvalue weighted by Gasteiger charge is -2.40. The third kappa shape index (κ3) is 3.07. The number of morpholine rings is 1. The van der Waals surface area contributed by atoms with E-state index in [0.29, 0.717) is 24.6 Å². The summed E-state index contributed by atoms with van der Waals surface area (Å²) in [6, 6.07) is 2.83. The van der Waals surface area contributed by atoms with Crippen molar-refractivity contribution in [3.8, 4) is 11.4 Å². The van der Waals surface area contributed by atoms with Crippen molar-refractivity contribution in [1.29, 1.82) is 0 Å². The third-order valence-corrected chi connectivity index (χ3v) is 4.10. The molecule has 1 aliphatic heterocycles. The van der Waals surface area contributed by atoms with Crippen molar-refractivity contribution in [3.63, 3.8) is 0 Å². The molecule has 0 radical (unpaired) electrons. The highest BCUT2D eigenvalue weighted by atomic mass is 35.5. The van der Waals surface area contributed by atoms with Crippen molar-refractivity contribution in [3.05, 3.63) is 39.7 Å². The van der Waals surface area contributed by atoms with E-state index < -0.39 is 11.5 Å². The van der Waals surface area contributed by atoms with Gasteiger partial charge in [0.25, 0.3) is 5.56 Å². The number of H-pyrrole nitrogens is 1. The summed E-state index contributed by atoms with van der Waals surface area (Å²) >= 11 is 6.17. The predicted octanol–water partition coefficient (Wildman–Crippen LogP) is 2.24. The number of halogens is 2. The molecule has 0 saturated carbocycles. The van der Waals surface area contributed by atoms with Gasteiger partial charge in [0.1, 0.15) is 10.8 Å². The van der Waals surface area contributed by atoms with Crippen molar-refractivity contribution in [2.24, 2.45) is 0 Å². The minimum Gasteiger partial charge on any atom is -0.377 e. The van der Waals surface area contributed by atoms with Crippen LogP contribution in [0.2, 0.25) is 5.02 Å². The molecule has 8 heteroatoms. The Hall–Kier alpha value is -1.99. The summed E-state index contributed by atoms with van der Waals surface area (Å²) < 4.78 is 18.8. The van der Waals surface area contributed by atoms with E-state index in [1.165, 1.54) is 12.3 Å². The van der Waals surface area contributed by atoms with Crippen LogP contribution in [0.4, 0.5) is 10.2 Å². The van der Waals surface area contributed by atoms with Crippen molar-refractivity contribution in [1.82, 2.24) is 15.0 Å². The summed E-state index contributed by atoms with van der Waals surface area (Å²) in [6.45, 7) is 4.99. The van der Waals surface area contributed by atoms with Gasteiger partial charge in [-0.1, -0.05) is 11.6 Å². The van der Waals surface area contributed by atoms with E-state index in [0.717, 1.165) is 0 Å². The number of ether oxygens (including phenoxy) is 1. The molecule has 1 aliphatic rings. The van der Waals surface area contributed by atoms with Crippen LogP contribution in [0, 0.1) is 5.95 Å². The Morgan fingerprint density at radius 3 is 2.74 bits per heavy atom. The highest BCUT2D eigenvalue weighted by molar-refractivity contribution is 6.32. The van der Waals surface area contributed by atoms with Gasteiger partial charge in [0.15, 0.2) is 5.82 Å². The maximum atomic E-state index is 13.3. The second-order valence-electron chi connectivity index (χ2n) is 5.56. The first-order valence-electron chi connectivity index (χ1n) is 7.25. The number of hydrogen-bond acceptors (Lipinski definition) is 5. The lowest BCUT2D eigenvalue weighted by molar-refractivity contribution is 0.0752. The standard InChI is InChI=1S/C15H16ClFN4O2/c1-8-6-23-7-9(2)21(8)14-12(16)15(22)20-13(19-14)10-3-4-18-11(17)5-10/h3-5,8-9H,6-7H2,1-2H3,(H,19,20,22)/t8-,9-/m1/s1. The second kappa shape index (κ2) is 6.25. The highest BCUT2D eigenvalue weighted by Gasteiger charge is 2.29. The molecule has 6 nitrogen and oxygen atoms in total. The summed E-state index contributed by atoms with van der Waals surface area (Å²) in [6.07, 6.45) is 1.32. The van der Waals surface area contributed by atoms with Crippen LogP contribution in [-0.2, 0) is 4.74 Å². The summed E-state index contributed by atoms with van der Waals surface area (Å²) in [7, 11) is 0. The normalized spacial score (nSPS) is 21.5. The van der Waals surface area contributed by atoms with Crippen LogP contribution in [0.3, 0.4) is 0 Å². The number of aromatic amines is 1. The van der Waals surface area contributed by atoms with Crippen LogP contribution in [-0.4, -0.2) is 40.2 Å². The fourth-order valence-electron chi connectivity index (χ4n) is 2.73. The van der Waals surface area contributed by atoms with Crippen molar-refractivity contribution in [2.75, 3.05) is 18.1 Å². The zero-order valence-corrected chi connectivity index (χ0v) is 13.5. The topological polar surface area (TPSA) is 71.1 Å². The molecule has 3 rings (SSSR count). The number of rotatable bonds is 2. The maximum Gasteiger partial charge on any atom is 0.272 e. The van der Waals surface area contributed by atoms with Gasteiger partial charge in [-0.3, -0.25) is 4.79 Å². The molecular formula is C15H16ClFN4O2. The van der Waals surface area contributed by atoms with Gasteiger partial charge in [0.05, 0.1) is 25.3 Å². The van der Waals surface area contributed by atoms with Gasteiger partial charge in [-0.2, -0.15) is 4.39 Å². The van der Waals surface area contributed by atoms with Crippen LogP contribution in [0.5, 0.6) is 0 Å². The third-order valence-electron chi connectivity index (χ3n) is 3.76. The van der Waals surface area contributed by atoms with E-state index in [2.05, 4.69) is 15.0 Å².